The molecule has 0 N–H and O–H groups in total. The Bertz CT molecular complexity index is 783. The number of allylic oxidation sites excluding steroid dienone is 1. The minimum atomic E-state index is -3.54. The van der Waals surface area contributed by atoms with Crippen LogP contribution in [0.25, 0.3) is 4.91 Å². The van der Waals surface area contributed by atoms with Crippen LogP contribution in [-0.2, 0) is 16.3 Å². The van der Waals surface area contributed by atoms with Gasteiger partial charge in [0, 0.05) is 9.77 Å². The Hall–Kier alpha value is -1.21. The lowest BCUT2D eigenvalue weighted by Gasteiger charge is -2.18. The SMILES string of the molecule is O=S(=O)(C1=CCCc2cc(I)ccc21)c1ccccn1. The molecule has 0 radical (unpaired) electrons. The van der Waals surface area contributed by atoms with Gasteiger partial charge in [-0.15, -0.1) is 0 Å². The lowest BCUT2D eigenvalue weighted by Crippen LogP contribution is -2.11. The van der Waals surface area contributed by atoms with Gasteiger partial charge in [0.1, 0.15) is 0 Å². The van der Waals surface area contributed by atoms with Crippen molar-refractivity contribution in [3.63, 3.8) is 0 Å². The molecule has 0 bridgehead atoms. The topological polar surface area (TPSA) is 47.0 Å². The third kappa shape index (κ3) is 2.40. The molecule has 20 heavy (non-hydrogen) atoms. The van der Waals surface area contributed by atoms with Gasteiger partial charge in [-0.3, -0.25) is 0 Å². The Balaban J connectivity index is 2.15. The molecular weight excluding hydrogens is 385 g/mol. The summed E-state index contributed by atoms with van der Waals surface area (Å²) in [5.41, 5.74) is 1.90. The van der Waals surface area contributed by atoms with Crippen LogP contribution in [-0.4, -0.2) is 13.4 Å². The van der Waals surface area contributed by atoms with Crippen LogP contribution >= 0.6 is 22.6 Å². The van der Waals surface area contributed by atoms with E-state index >= 15 is 0 Å². The van der Waals surface area contributed by atoms with Gasteiger partial charge in [-0.25, -0.2) is 13.4 Å². The van der Waals surface area contributed by atoms with E-state index in [1.807, 2.05) is 12.1 Å². The number of fused-ring (bicyclic) bond motifs is 1. The Morgan fingerprint density at radius 1 is 1.15 bits per heavy atom. The van der Waals surface area contributed by atoms with E-state index in [4.69, 9.17) is 0 Å². The van der Waals surface area contributed by atoms with Crippen molar-refractivity contribution in [1.82, 2.24) is 4.98 Å². The minimum absolute atomic E-state index is 0.109. The van der Waals surface area contributed by atoms with Gasteiger partial charge in [-0.05, 0) is 70.8 Å². The molecule has 0 atom stereocenters. The molecule has 0 aliphatic heterocycles. The molecule has 0 spiro atoms. The second kappa shape index (κ2) is 5.29. The number of sulfone groups is 1. The highest BCUT2D eigenvalue weighted by Crippen LogP contribution is 2.34. The van der Waals surface area contributed by atoms with Gasteiger partial charge in [-0.2, -0.15) is 0 Å². The molecule has 5 heteroatoms. The summed E-state index contributed by atoms with van der Waals surface area (Å²) in [6.45, 7) is 0. The fourth-order valence-electron chi connectivity index (χ4n) is 2.35. The quantitative estimate of drug-likeness (QED) is 0.730. The lowest BCUT2D eigenvalue weighted by atomic mass is 9.97. The zero-order valence-corrected chi connectivity index (χ0v) is 13.6. The highest BCUT2D eigenvalue weighted by atomic mass is 127. The summed E-state index contributed by atoms with van der Waals surface area (Å²) in [4.78, 5) is 4.37. The number of hydrogen-bond acceptors (Lipinski definition) is 3. The van der Waals surface area contributed by atoms with Gasteiger partial charge in [0.2, 0.25) is 9.84 Å². The molecule has 3 rings (SSSR count). The van der Waals surface area contributed by atoms with E-state index in [1.54, 1.807) is 18.2 Å². The summed E-state index contributed by atoms with van der Waals surface area (Å²) in [7, 11) is -3.54. The molecule has 0 saturated carbocycles. The molecular formula is C15H12INO2S. The Morgan fingerprint density at radius 3 is 2.75 bits per heavy atom. The van der Waals surface area contributed by atoms with Crippen LogP contribution in [0.3, 0.4) is 0 Å². The summed E-state index contributed by atoms with van der Waals surface area (Å²) in [6.07, 6.45) is 4.94. The zero-order chi connectivity index (χ0) is 14.2. The highest BCUT2D eigenvalue weighted by molar-refractivity contribution is 14.1. The molecule has 0 amide bonds. The first-order chi connectivity index (χ1) is 9.59. The van der Waals surface area contributed by atoms with E-state index in [1.165, 1.54) is 12.3 Å². The fraction of sp³-hybridized carbons (Fsp3) is 0.133. The Morgan fingerprint density at radius 2 is 2.00 bits per heavy atom. The first-order valence-electron chi connectivity index (χ1n) is 6.24. The fourth-order valence-corrected chi connectivity index (χ4v) is 4.42. The maximum absolute atomic E-state index is 12.7. The van der Waals surface area contributed by atoms with E-state index in [9.17, 15) is 8.42 Å². The molecule has 102 valence electrons. The standard InChI is InChI=1S/C15H12INO2S/c16-12-7-8-13-11(10-12)4-3-5-14(13)20(18,19)15-6-1-2-9-17-15/h1-2,5-10H,3-4H2. The first-order valence-corrected chi connectivity index (χ1v) is 8.80. The van der Waals surface area contributed by atoms with Gasteiger partial charge in [-0.1, -0.05) is 18.2 Å². The van der Waals surface area contributed by atoms with Gasteiger partial charge < -0.3 is 0 Å². The monoisotopic (exact) mass is 397 g/mol. The molecule has 1 aliphatic carbocycles. The summed E-state index contributed by atoms with van der Waals surface area (Å²) in [5.74, 6) is 0. The Labute approximate surface area is 131 Å². The van der Waals surface area contributed by atoms with Crippen molar-refractivity contribution in [1.29, 1.82) is 0 Å². The first kappa shape index (κ1) is 13.8. The van der Waals surface area contributed by atoms with Gasteiger partial charge in [0.15, 0.2) is 5.03 Å². The van der Waals surface area contributed by atoms with Crippen molar-refractivity contribution in [2.45, 2.75) is 17.9 Å². The van der Waals surface area contributed by atoms with Crippen LogP contribution in [0.4, 0.5) is 0 Å². The van der Waals surface area contributed by atoms with Crippen molar-refractivity contribution in [3.8, 4) is 0 Å². The van der Waals surface area contributed by atoms with Gasteiger partial charge in [0.25, 0.3) is 0 Å². The van der Waals surface area contributed by atoms with Crippen LogP contribution in [0.5, 0.6) is 0 Å². The maximum Gasteiger partial charge on any atom is 0.224 e. The second-order valence-corrected chi connectivity index (χ2v) is 7.69. The Kier molecular flexibility index (Phi) is 3.64. The normalized spacial score (nSPS) is 14.6. The average molecular weight is 397 g/mol. The largest absolute Gasteiger partial charge is 0.244 e. The number of aryl methyl sites for hydroxylation is 1. The molecule has 1 aromatic carbocycles. The molecule has 2 aromatic rings. The summed E-state index contributed by atoms with van der Waals surface area (Å²) in [6, 6.07) is 10.8. The van der Waals surface area contributed by atoms with Crippen LogP contribution < -0.4 is 0 Å². The van der Waals surface area contributed by atoms with E-state index in [0.29, 0.717) is 4.91 Å². The zero-order valence-electron chi connectivity index (χ0n) is 10.6. The van der Waals surface area contributed by atoms with Crippen LogP contribution in [0, 0.1) is 3.57 Å². The van der Waals surface area contributed by atoms with Crippen molar-refractivity contribution in [2.75, 3.05) is 0 Å². The number of pyridine rings is 1. The third-order valence-electron chi connectivity index (χ3n) is 3.28. The van der Waals surface area contributed by atoms with Gasteiger partial charge in [0.05, 0.1) is 4.91 Å². The van der Waals surface area contributed by atoms with Gasteiger partial charge >= 0.3 is 0 Å². The second-order valence-electron chi connectivity index (χ2n) is 4.58. The van der Waals surface area contributed by atoms with E-state index in [2.05, 4.69) is 33.6 Å². The highest BCUT2D eigenvalue weighted by Gasteiger charge is 2.26. The summed E-state index contributed by atoms with van der Waals surface area (Å²) in [5, 5.41) is 0.109. The molecule has 1 aliphatic rings. The van der Waals surface area contributed by atoms with Crippen molar-refractivity contribution in [2.24, 2.45) is 0 Å². The molecule has 0 fully saturated rings. The van der Waals surface area contributed by atoms with E-state index in [0.717, 1.165) is 27.5 Å². The van der Waals surface area contributed by atoms with E-state index in [-0.39, 0.29) is 5.03 Å². The number of hydrogen-bond donors (Lipinski definition) is 0. The third-order valence-corrected chi connectivity index (χ3v) is 5.71. The predicted molar refractivity (Wildman–Crippen MR) is 86.9 cm³/mol. The average Bonchev–Trinajstić information content (AvgIpc) is 2.47. The smallest absolute Gasteiger partial charge is 0.224 e. The lowest BCUT2D eigenvalue weighted by molar-refractivity contribution is 0.602. The van der Waals surface area contributed by atoms with Crippen molar-refractivity contribution < 1.29 is 8.42 Å². The molecule has 0 saturated heterocycles. The number of halogens is 1. The summed E-state index contributed by atoms with van der Waals surface area (Å²) >= 11 is 2.24. The number of benzene rings is 1. The minimum Gasteiger partial charge on any atom is -0.244 e. The van der Waals surface area contributed by atoms with Crippen LogP contribution in [0.15, 0.2) is 53.7 Å². The number of nitrogens with zero attached hydrogens (tertiary/aromatic N) is 1. The van der Waals surface area contributed by atoms with E-state index < -0.39 is 9.84 Å². The predicted octanol–water partition coefficient (Wildman–Crippen LogP) is 3.45. The maximum atomic E-state index is 12.7. The molecule has 3 nitrogen and oxygen atoms in total. The molecule has 1 heterocycles. The van der Waals surface area contributed by atoms with Crippen LogP contribution in [0.2, 0.25) is 0 Å². The number of rotatable bonds is 2. The van der Waals surface area contributed by atoms with Crippen LogP contribution in [0.1, 0.15) is 17.5 Å². The summed E-state index contributed by atoms with van der Waals surface area (Å²) < 4.78 is 26.5. The van der Waals surface area contributed by atoms with Crippen molar-refractivity contribution >= 4 is 37.3 Å². The number of aromatic nitrogens is 1. The molecule has 0 unspecified atom stereocenters. The molecule has 1 aromatic heterocycles. The van der Waals surface area contributed by atoms with Crippen molar-refractivity contribution in [3.05, 3.63) is 63.4 Å².